The lowest BCUT2D eigenvalue weighted by molar-refractivity contribution is -0.144. The summed E-state index contributed by atoms with van der Waals surface area (Å²) in [6, 6.07) is 6.74. The van der Waals surface area contributed by atoms with Crippen LogP contribution in [0, 0.1) is 6.92 Å². The number of amides is 1. The van der Waals surface area contributed by atoms with Crippen LogP contribution in [0.4, 0.5) is 5.69 Å². The summed E-state index contributed by atoms with van der Waals surface area (Å²) in [5.74, 6) is -0.925. The van der Waals surface area contributed by atoms with E-state index in [-0.39, 0.29) is 0 Å². The predicted octanol–water partition coefficient (Wildman–Crippen LogP) is -1.63. The first kappa shape index (κ1) is 16.5. The molecule has 20 heavy (non-hydrogen) atoms. The van der Waals surface area contributed by atoms with Crippen molar-refractivity contribution in [3.63, 3.8) is 0 Å². The van der Waals surface area contributed by atoms with Crippen LogP contribution in [-0.2, 0) is 4.79 Å². The number of nitrogens with one attached hydrogen (secondary N) is 1. The Balaban J connectivity index is 2.64. The van der Waals surface area contributed by atoms with Crippen LogP contribution in [0.25, 0.3) is 0 Å². The molecule has 1 amide bonds. The van der Waals surface area contributed by atoms with Gasteiger partial charge in [-0.1, -0.05) is 17.7 Å². The Morgan fingerprint density at radius 3 is 2.15 bits per heavy atom. The van der Waals surface area contributed by atoms with E-state index < -0.39 is 36.9 Å². The molecule has 7 heteroatoms. The molecule has 0 radical (unpaired) electrons. The number of aliphatic hydroxyl groups is 5. The van der Waals surface area contributed by atoms with Crippen LogP contribution in [0.1, 0.15) is 5.56 Å². The number of anilines is 1. The second-order valence-electron chi connectivity index (χ2n) is 4.53. The molecule has 0 bridgehead atoms. The number of rotatable bonds is 6. The molecule has 0 fully saturated rings. The molecule has 0 saturated carbocycles. The molecule has 1 aromatic carbocycles. The maximum atomic E-state index is 11.7. The summed E-state index contributed by atoms with van der Waals surface area (Å²) in [7, 11) is 0. The van der Waals surface area contributed by atoms with Crippen LogP contribution in [0.2, 0.25) is 0 Å². The normalized spacial score (nSPS) is 17.1. The smallest absolute Gasteiger partial charge is 0.256 e. The van der Waals surface area contributed by atoms with Crippen LogP contribution in [-0.4, -0.2) is 62.5 Å². The first-order valence-corrected chi connectivity index (χ1v) is 6.07. The quantitative estimate of drug-likeness (QED) is 0.372. The highest BCUT2D eigenvalue weighted by atomic mass is 16.4. The standard InChI is InChI=1S/C13H19NO6/c1-7-2-4-8(5-3-7)14-13(20)12(19)11(18)10(17)9(16)6-15/h2-5,9-12,15-19H,6H2,1H3,(H,14,20). The van der Waals surface area contributed by atoms with Gasteiger partial charge in [-0.3, -0.25) is 4.79 Å². The molecule has 0 saturated heterocycles. The van der Waals surface area contributed by atoms with Crippen molar-refractivity contribution in [1.29, 1.82) is 0 Å². The fourth-order valence-corrected chi connectivity index (χ4v) is 1.53. The van der Waals surface area contributed by atoms with Crippen molar-refractivity contribution < 1.29 is 30.3 Å². The maximum absolute atomic E-state index is 11.7. The Morgan fingerprint density at radius 1 is 1.10 bits per heavy atom. The second-order valence-corrected chi connectivity index (χ2v) is 4.53. The molecule has 0 spiro atoms. The third-order valence-corrected chi connectivity index (χ3v) is 2.84. The van der Waals surface area contributed by atoms with Crippen molar-refractivity contribution in [3.8, 4) is 0 Å². The van der Waals surface area contributed by atoms with Gasteiger partial charge in [0.15, 0.2) is 6.10 Å². The molecule has 112 valence electrons. The third-order valence-electron chi connectivity index (χ3n) is 2.84. The molecular formula is C13H19NO6. The Labute approximate surface area is 116 Å². The molecule has 0 aliphatic heterocycles. The van der Waals surface area contributed by atoms with Gasteiger partial charge in [-0.25, -0.2) is 0 Å². The van der Waals surface area contributed by atoms with Gasteiger partial charge < -0.3 is 30.8 Å². The summed E-state index contributed by atoms with van der Waals surface area (Å²) in [6.07, 6.45) is -7.33. The lowest BCUT2D eigenvalue weighted by atomic mass is 10.0. The largest absolute Gasteiger partial charge is 0.394 e. The van der Waals surface area contributed by atoms with Crippen LogP contribution in [0.15, 0.2) is 24.3 Å². The topological polar surface area (TPSA) is 130 Å². The zero-order chi connectivity index (χ0) is 15.3. The van der Waals surface area contributed by atoms with Crippen LogP contribution in [0.3, 0.4) is 0 Å². The van der Waals surface area contributed by atoms with Gasteiger partial charge in [0.25, 0.3) is 5.91 Å². The minimum absolute atomic E-state index is 0.420. The number of hydrogen-bond acceptors (Lipinski definition) is 6. The molecule has 0 aliphatic carbocycles. The summed E-state index contributed by atoms with van der Waals surface area (Å²) in [4.78, 5) is 11.7. The monoisotopic (exact) mass is 285 g/mol. The summed E-state index contributed by atoms with van der Waals surface area (Å²) >= 11 is 0. The van der Waals surface area contributed by atoms with Gasteiger partial charge in [-0.2, -0.15) is 0 Å². The number of carbonyl (C=O) groups excluding carboxylic acids is 1. The second kappa shape index (κ2) is 7.32. The zero-order valence-electron chi connectivity index (χ0n) is 11.0. The first-order valence-electron chi connectivity index (χ1n) is 6.07. The van der Waals surface area contributed by atoms with E-state index in [4.69, 9.17) is 10.2 Å². The molecule has 1 aromatic rings. The van der Waals surface area contributed by atoms with E-state index >= 15 is 0 Å². The molecular weight excluding hydrogens is 266 g/mol. The third kappa shape index (κ3) is 4.26. The van der Waals surface area contributed by atoms with Gasteiger partial charge in [0.1, 0.15) is 18.3 Å². The van der Waals surface area contributed by atoms with Gasteiger partial charge in [0, 0.05) is 5.69 Å². The number of benzene rings is 1. The van der Waals surface area contributed by atoms with E-state index in [0.29, 0.717) is 5.69 Å². The molecule has 0 aliphatic rings. The molecule has 6 N–H and O–H groups in total. The van der Waals surface area contributed by atoms with Crippen molar-refractivity contribution in [2.24, 2.45) is 0 Å². The highest BCUT2D eigenvalue weighted by Gasteiger charge is 2.34. The zero-order valence-corrected chi connectivity index (χ0v) is 11.0. The van der Waals surface area contributed by atoms with Gasteiger partial charge in [-0.05, 0) is 19.1 Å². The van der Waals surface area contributed by atoms with Crippen LogP contribution >= 0.6 is 0 Å². The Morgan fingerprint density at radius 2 is 1.65 bits per heavy atom. The van der Waals surface area contributed by atoms with Gasteiger partial charge >= 0.3 is 0 Å². The number of carbonyl (C=O) groups is 1. The number of aryl methyl sites for hydroxylation is 1. The molecule has 1 rings (SSSR count). The van der Waals surface area contributed by atoms with E-state index in [1.54, 1.807) is 24.3 Å². The number of hydrogen-bond donors (Lipinski definition) is 6. The van der Waals surface area contributed by atoms with Crippen molar-refractivity contribution in [1.82, 2.24) is 0 Å². The van der Waals surface area contributed by atoms with Crippen molar-refractivity contribution >= 4 is 11.6 Å². The minimum Gasteiger partial charge on any atom is -0.394 e. The van der Waals surface area contributed by atoms with Crippen molar-refractivity contribution in [3.05, 3.63) is 29.8 Å². The van der Waals surface area contributed by atoms with Gasteiger partial charge in [0.05, 0.1) is 6.61 Å². The first-order chi connectivity index (χ1) is 9.36. The summed E-state index contributed by atoms with van der Waals surface area (Å²) in [5, 5.41) is 48.7. The van der Waals surface area contributed by atoms with Crippen molar-refractivity contribution in [2.75, 3.05) is 11.9 Å². The highest BCUT2D eigenvalue weighted by molar-refractivity contribution is 5.94. The summed E-state index contributed by atoms with van der Waals surface area (Å²) in [5.41, 5.74) is 1.41. The Kier molecular flexibility index (Phi) is 6.05. The summed E-state index contributed by atoms with van der Waals surface area (Å²) in [6.45, 7) is 1.07. The highest BCUT2D eigenvalue weighted by Crippen LogP contribution is 2.11. The van der Waals surface area contributed by atoms with E-state index in [2.05, 4.69) is 5.32 Å². The molecule has 0 heterocycles. The average molecular weight is 285 g/mol. The van der Waals surface area contributed by atoms with Crippen LogP contribution in [0.5, 0.6) is 0 Å². The molecule has 4 atom stereocenters. The summed E-state index contributed by atoms with van der Waals surface area (Å²) < 4.78 is 0. The SMILES string of the molecule is Cc1ccc(NC(=O)C(O)C(O)C(O)C(O)CO)cc1. The van der Waals surface area contributed by atoms with Crippen LogP contribution < -0.4 is 5.32 Å². The minimum atomic E-state index is -1.94. The average Bonchev–Trinajstić information content (AvgIpc) is 2.46. The van der Waals surface area contributed by atoms with E-state index in [1.807, 2.05) is 6.92 Å². The van der Waals surface area contributed by atoms with E-state index in [0.717, 1.165) is 5.56 Å². The lowest BCUT2D eigenvalue weighted by Gasteiger charge is -2.24. The van der Waals surface area contributed by atoms with Gasteiger partial charge in [0.2, 0.25) is 0 Å². The Bertz CT molecular complexity index is 435. The van der Waals surface area contributed by atoms with Crippen molar-refractivity contribution in [2.45, 2.75) is 31.3 Å². The lowest BCUT2D eigenvalue weighted by Crippen LogP contribution is -2.50. The molecule has 7 nitrogen and oxygen atoms in total. The van der Waals surface area contributed by atoms with Gasteiger partial charge in [-0.15, -0.1) is 0 Å². The van der Waals surface area contributed by atoms with E-state index in [1.165, 1.54) is 0 Å². The van der Waals surface area contributed by atoms with E-state index in [9.17, 15) is 20.1 Å². The maximum Gasteiger partial charge on any atom is 0.256 e. The predicted molar refractivity (Wildman–Crippen MR) is 70.9 cm³/mol. The Hall–Kier alpha value is -1.51. The number of aliphatic hydroxyl groups excluding tert-OH is 5. The fraction of sp³-hybridized carbons (Fsp3) is 0.462. The molecule has 0 aromatic heterocycles. The fourth-order valence-electron chi connectivity index (χ4n) is 1.53. The molecule has 4 unspecified atom stereocenters.